The topological polar surface area (TPSA) is 104 Å². The molecule has 0 saturated heterocycles. The quantitative estimate of drug-likeness (QED) is 0.0545. The Labute approximate surface area is 315 Å². The smallest absolute Gasteiger partial charge is 0.332 e. The van der Waals surface area contributed by atoms with Crippen LogP contribution in [0.5, 0.6) is 11.5 Å². The number of rotatable bonds is 16. The van der Waals surface area contributed by atoms with Crippen LogP contribution in [0.25, 0.3) is 21.5 Å². The van der Waals surface area contributed by atoms with Crippen LogP contribution < -0.4 is 9.47 Å². The fraction of sp³-hybridized carbons (Fsp3) is 0.273. The number of hydrogen-bond donors (Lipinski definition) is 0. The van der Waals surface area contributed by atoms with Crippen LogP contribution in [-0.4, -0.2) is 62.4 Å². The minimum Gasteiger partial charge on any atom is -0.485 e. The first-order chi connectivity index (χ1) is 26.0. The zero-order valence-corrected chi connectivity index (χ0v) is 31.4. The summed E-state index contributed by atoms with van der Waals surface area (Å²) < 4.78 is 35.4. The number of carbonyl (C=O) groups is 2. The highest BCUT2D eigenvalue weighted by atomic mass is 16.6. The third kappa shape index (κ3) is 9.57. The van der Waals surface area contributed by atoms with Crippen molar-refractivity contribution in [1.29, 1.82) is 0 Å². The summed E-state index contributed by atoms with van der Waals surface area (Å²) >= 11 is 0. The first kappa shape index (κ1) is 37.9. The average molecular weight is 731 g/mol. The molecular formula is C44H46N2O8. The molecule has 0 amide bonds. The molecule has 10 heteroatoms. The molecule has 2 heterocycles. The fourth-order valence-electron chi connectivity index (χ4n) is 6.40. The zero-order chi connectivity index (χ0) is 38.2. The van der Waals surface area contributed by atoms with E-state index in [-0.39, 0.29) is 12.8 Å². The van der Waals surface area contributed by atoms with Crippen LogP contribution in [0.2, 0.25) is 0 Å². The molecule has 4 atom stereocenters. The molecule has 280 valence electrons. The zero-order valence-electron chi connectivity index (χ0n) is 31.4. The summed E-state index contributed by atoms with van der Waals surface area (Å²) in [4.78, 5) is 29.8. The predicted molar refractivity (Wildman–Crippen MR) is 207 cm³/mol. The molecule has 2 aromatic heterocycles. The second kappa shape index (κ2) is 17.3. The minimum absolute atomic E-state index is 0.289. The maximum absolute atomic E-state index is 13.1. The Morgan fingerprint density at radius 3 is 1.39 bits per heavy atom. The largest absolute Gasteiger partial charge is 0.485 e. The van der Waals surface area contributed by atoms with Gasteiger partial charge < -0.3 is 27.8 Å². The highest BCUT2D eigenvalue weighted by Crippen LogP contribution is 2.33. The van der Waals surface area contributed by atoms with Gasteiger partial charge in [-0.1, -0.05) is 48.5 Å². The van der Waals surface area contributed by atoms with Gasteiger partial charge in [0.15, 0.2) is 12.5 Å². The van der Waals surface area contributed by atoms with E-state index >= 15 is 0 Å². The van der Waals surface area contributed by atoms with Crippen LogP contribution in [0.3, 0.4) is 0 Å². The molecule has 4 aromatic carbocycles. The Morgan fingerprint density at radius 2 is 1.02 bits per heavy atom. The van der Waals surface area contributed by atoms with Crippen molar-refractivity contribution in [3.63, 3.8) is 0 Å². The van der Waals surface area contributed by atoms with Crippen LogP contribution in [0.4, 0.5) is 0 Å². The number of esters is 2. The van der Waals surface area contributed by atoms with Crippen LogP contribution in [0.1, 0.15) is 47.3 Å². The van der Waals surface area contributed by atoms with Crippen molar-refractivity contribution >= 4 is 33.5 Å². The lowest BCUT2D eigenvalue weighted by Gasteiger charge is -2.28. The summed E-state index contributed by atoms with van der Waals surface area (Å²) in [6.45, 7) is 4.09. The molecule has 0 fully saturated rings. The van der Waals surface area contributed by atoms with Gasteiger partial charge in [-0.05, 0) is 111 Å². The van der Waals surface area contributed by atoms with E-state index in [1.807, 2.05) is 115 Å². The SMILES string of the molecule is Cc1cc(OC(CC(OC(=O)/C=C\C(=O)OC(CC(Oc2cc(C)c3ccccc3c2)c2ccoc2)N(C)C)N(C)C)c2ccoc2)cc2ccccc12. The van der Waals surface area contributed by atoms with Crippen molar-refractivity contribution in [2.24, 2.45) is 0 Å². The van der Waals surface area contributed by atoms with Crippen molar-refractivity contribution in [1.82, 2.24) is 9.80 Å². The first-order valence-corrected chi connectivity index (χ1v) is 17.8. The third-order valence-corrected chi connectivity index (χ3v) is 9.31. The molecule has 0 saturated carbocycles. The summed E-state index contributed by atoms with van der Waals surface area (Å²) in [6.07, 6.45) is 6.75. The Hall–Kier alpha value is -5.84. The van der Waals surface area contributed by atoms with Crippen molar-refractivity contribution < 1.29 is 37.4 Å². The van der Waals surface area contributed by atoms with Gasteiger partial charge in [0.25, 0.3) is 0 Å². The van der Waals surface area contributed by atoms with E-state index in [0.29, 0.717) is 11.5 Å². The predicted octanol–water partition coefficient (Wildman–Crippen LogP) is 8.93. The summed E-state index contributed by atoms with van der Waals surface area (Å²) in [7, 11) is 7.23. The van der Waals surface area contributed by atoms with Crippen LogP contribution >= 0.6 is 0 Å². The van der Waals surface area contributed by atoms with E-state index in [9.17, 15) is 9.59 Å². The number of fused-ring (bicyclic) bond motifs is 2. The van der Waals surface area contributed by atoms with E-state index in [1.54, 1.807) is 34.9 Å². The second-order valence-corrected chi connectivity index (χ2v) is 13.8. The Morgan fingerprint density at radius 1 is 0.611 bits per heavy atom. The molecule has 6 rings (SSSR count). The van der Waals surface area contributed by atoms with E-state index in [1.165, 1.54) is 0 Å². The molecule has 0 aliphatic rings. The van der Waals surface area contributed by atoms with Crippen LogP contribution in [0, 0.1) is 13.8 Å². The molecule has 0 N–H and O–H groups in total. The maximum atomic E-state index is 13.1. The molecule has 0 radical (unpaired) electrons. The fourth-order valence-corrected chi connectivity index (χ4v) is 6.40. The number of furan rings is 2. The molecule has 4 unspecified atom stereocenters. The highest BCUT2D eigenvalue weighted by Gasteiger charge is 2.27. The molecule has 6 aromatic rings. The minimum atomic E-state index is -0.703. The number of hydrogen-bond acceptors (Lipinski definition) is 10. The summed E-state index contributed by atoms with van der Waals surface area (Å²) in [5.41, 5.74) is 3.77. The lowest BCUT2D eigenvalue weighted by Crippen LogP contribution is -2.35. The summed E-state index contributed by atoms with van der Waals surface area (Å²) in [5.74, 6) is -0.0316. The van der Waals surface area contributed by atoms with Gasteiger partial charge in [0, 0.05) is 36.1 Å². The Bertz CT molecular complexity index is 2030. The third-order valence-electron chi connectivity index (χ3n) is 9.31. The molecule has 54 heavy (non-hydrogen) atoms. The van der Waals surface area contributed by atoms with Gasteiger partial charge in [-0.3, -0.25) is 9.80 Å². The Balaban J connectivity index is 1.10. The standard InChI is InChI=1S/C44H46N2O8/c1-29-21-35(23-31-11-7-9-13-37(29)31)51-39(33-17-19-49-27-33)25-41(45(3)4)53-43(47)15-16-44(48)54-42(46(5)6)26-40(34-18-20-50-28-34)52-36-22-30(2)38-14-10-8-12-32(38)24-36/h7-24,27-28,39-42H,25-26H2,1-6H3/b16-15-. The lowest BCUT2D eigenvalue weighted by molar-refractivity contribution is -0.156. The van der Waals surface area contributed by atoms with Gasteiger partial charge in [0.2, 0.25) is 0 Å². The number of nitrogens with zero attached hydrogens (tertiary/aromatic N) is 2. The van der Waals surface area contributed by atoms with Gasteiger partial charge in [0.1, 0.15) is 23.7 Å². The van der Waals surface area contributed by atoms with Gasteiger partial charge in [0.05, 0.1) is 25.1 Å². The molecule has 0 bridgehead atoms. The Kier molecular flexibility index (Phi) is 12.2. The molecule has 0 aliphatic heterocycles. The number of benzene rings is 4. The lowest BCUT2D eigenvalue weighted by atomic mass is 10.0. The van der Waals surface area contributed by atoms with Crippen molar-refractivity contribution in [3.8, 4) is 11.5 Å². The van der Waals surface area contributed by atoms with Crippen LogP contribution in [0.15, 0.2) is 131 Å². The molecular weight excluding hydrogens is 684 g/mol. The second-order valence-electron chi connectivity index (χ2n) is 13.8. The summed E-state index contributed by atoms with van der Waals surface area (Å²) in [5, 5.41) is 4.42. The van der Waals surface area contributed by atoms with Gasteiger partial charge in [-0.2, -0.15) is 0 Å². The monoisotopic (exact) mass is 730 g/mol. The van der Waals surface area contributed by atoms with Crippen molar-refractivity contribution in [2.45, 2.75) is 51.4 Å². The van der Waals surface area contributed by atoms with Gasteiger partial charge >= 0.3 is 11.9 Å². The number of ether oxygens (including phenoxy) is 4. The highest BCUT2D eigenvalue weighted by molar-refractivity contribution is 5.92. The normalized spacial score (nSPS) is 14.0. The average Bonchev–Trinajstić information content (AvgIpc) is 3.89. The maximum Gasteiger partial charge on any atom is 0.332 e. The van der Waals surface area contributed by atoms with Crippen LogP contribution in [-0.2, 0) is 19.1 Å². The van der Waals surface area contributed by atoms with E-state index < -0.39 is 36.6 Å². The number of aryl methyl sites for hydroxylation is 2. The van der Waals surface area contributed by atoms with Crippen molar-refractivity contribution in [3.05, 3.63) is 144 Å². The van der Waals surface area contributed by atoms with E-state index in [0.717, 1.165) is 56.0 Å². The summed E-state index contributed by atoms with van der Waals surface area (Å²) in [6, 6.07) is 27.9. The first-order valence-electron chi connectivity index (χ1n) is 17.8. The molecule has 0 aliphatic carbocycles. The number of carbonyl (C=O) groups excluding carboxylic acids is 2. The van der Waals surface area contributed by atoms with Crippen molar-refractivity contribution in [2.75, 3.05) is 28.2 Å². The van der Waals surface area contributed by atoms with E-state index in [4.69, 9.17) is 27.8 Å². The van der Waals surface area contributed by atoms with Gasteiger partial charge in [-0.15, -0.1) is 0 Å². The molecule has 10 nitrogen and oxygen atoms in total. The molecule has 0 spiro atoms. The van der Waals surface area contributed by atoms with E-state index in [2.05, 4.69) is 12.1 Å². The van der Waals surface area contributed by atoms with Gasteiger partial charge in [-0.25, -0.2) is 9.59 Å².